The minimum absolute atomic E-state index is 0.0406. The molecule has 4 N–H and O–H groups in total. The van der Waals surface area contributed by atoms with E-state index in [1.165, 1.54) is 6.07 Å². The number of nitrogen functional groups attached to an aromatic ring is 1. The number of thioether (sulfide) groups is 1. The molecule has 1 amide bonds. The number of nitrogens with zero attached hydrogens (tertiary/aromatic N) is 1. The number of aromatic nitrogens is 1. The van der Waals surface area contributed by atoms with Crippen molar-refractivity contribution in [2.75, 3.05) is 23.8 Å². The van der Waals surface area contributed by atoms with E-state index in [1.807, 2.05) is 11.8 Å². The van der Waals surface area contributed by atoms with Crippen LogP contribution in [0.1, 0.15) is 23.2 Å². The van der Waals surface area contributed by atoms with Crippen molar-refractivity contribution >= 4 is 39.4 Å². The molecule has 0 aliphatic carbocycles. The number of carbonyl (C=O) groups excluding carboxylic acids is 1. The van der Waals surface area contributed by atoms with Crippen LogP contribution in [0.4, 0.5) is 5.82 Å². The predicted octanol–water partition coefficient (Wildman–Crippen LogP) is 1.41. The summed E-state index contributed by atoms with van der Waals surface area (Å²) in [6, 6.07) is 3.15. The lowest BCUT2D eigenvalue weighted by molar-refractivity contribution is 0.0817. The highest BCUT2D eigenvalue weighted by Gasteiger charge is 2.33. The summed E-state index contributed by atoms with van der Waals surface area (Å²) in [5, 5.41) is 12.5. The minimum Gasteiger partial charge on any atom is -0.394 e. The van der Waals surface area contributed by atoms with Gasteiger partial charge in [-0.3, -0.25) is 4.79 Å². The fourth-order valence-electron chi connectivity index (χ4n) is 2.05. The summed E-state index contributed by atoms with van der Waals surface area (Å²) < 4.78 is 0.523. The van der Waals surface area contributed by atoms with Crippen LogP contribution in [-0.2, 0) is 0 Å². The van der Waals surface area contributed by atoms with Gasteiger partial charge in [0.25, 0.3) is 5.91 Å². The van der Waals surface area contributed by atoms with Gasteiger partial charge in [-0.05, 0) is 52.4 Å². The lowest BCUT2D eigenvalue weighted by Gasteiger charge is -2.36. The standard InChI is InChI=1S/C12H16BrN3O2S/c13-9-5-8(6-10(14)15-9)11(18)16-12(7-17)1-3-19-4-2-12/h5-6,17H,1-4,7H2,(H2,14,15)(H,16,18). The fraction of sp³-hybridized carbons (Fsp3) is 0.500. The smallest absolute Gasteiger partial charge is 0.252 e. The van der Waals surface area contributed by atoms with Gasteiger partial charge in [-0.1, -0.05) is 0 Å². The van der Waals surface area contributed by atoms with Crippen LogP contribution in [0.25, 0.3) is 0 Å². The third-order valence-corrected chi connectivity index (χ3v) is 4.60. The molecule has 1 aliphatic heterocycles. The predicted molar refractivity (Wildman–Crippen MR) is 80.2 cm³/mol. The van der Waals surface area contributed by atoms with Crippen LogP contribution in [-0.4, -0.2) is 39.6 Å². The second-order valence-corrected chi connectivity index (χ2v) is 6.65. The van der Waals surface area contributed by atoms with Crippen molar-refractivity contribution in [2.45, 2.75) is 18.4 Å². The Bertz CT molecular complexity index is 458. The van der Waals surface area contributed by atoms with Gasteiger partial charge in [0.1, 0.15) is 10.4 Å². The summed E-state index contributed by atoms with van der Waals surface area (Å²) in [7, 11) is 0. The third-order valence-electron chi connectivity index (χ3n) is 3.21. The van der Waals surface area contributed by atoms with Gasteiger partial charge in [0.2, 0.25) is 0 Å². The van der Waals surface area contributed by atoms with E-state index in [4.69, 9.17) is 5.73 Å². The highest BCUT2D eigenvalue weighted by molar-refractivity contribution is 9.10. The zero-order valence-electron chi connectivity index (χ0n) is 10.4. The van der Waals surface area contributed by atoms with E-state index in [1.54, 1.807) is 6.07 Å². The van der Waals surface area contributed by atoms with Gasteiger partial charge in [0.05, 0.1) is 12.1 Å². The van der Waals surface area contributed by atoms with E-state index >= 15 is 0 Å². The normalized spacial score (nSPS) is 18.0. The minimum atomic E-state index is -0.507. The van der Waals surface area contributed by atoms with Crippen LogP contribution in [0, 0.1) is 0 Å². The summed E-state index contributed by atoms with van der Waals surface area (Å²) >= 11 is 5.05. The number of aliphatic hydroxyl groups is 1. The number of anilines is 1. The van der Waals surface area contributed by atoms with Crippen LogP contribution >= 0.6 is 27.7 Å². The largest absolute Gasteiger partial charge is 0.394 e. The first-order valence-electron chi connectivity index (χ1n) is 5.99. The SMILES string of the molecule is Nc1cc(C(=O)NC2(CO)CCSCC2)cc(Br)n1. The molecule has 0 saturated carbocycles. The first-order chi connectivity index (χ1) is 9.04. The number of amides is 1. The van der Waals surface area contributed by atoms with E-state index in [0.29, 0.717) is 10.2 Å². The van der Waals surface area contributed by atoms with Crippen molar-refractivity contribution < 1.29 is 9.90 Å². The molecule has 19 heavy (non-hydrogen) atoms. The Morgan fingerprint density at radius 2 is 2.21 bits per heavy atom. The number of hydrogen-bond donors (Lipinski definition) is 3. The molecule has 104 valence electrons. The molecule has 0 atom stereocenters. The van der Waals surface area contributed by atoms with Gasteiger partial charge in [-0.25, -0.2) is 4.98 Å². The van der Waals surface area contributed by atoms with Crippen molar-refractivity contribution in [3.05, 3.63) is 22.3 Å². The number of pyridine rings is 1. The molecular formula is C12H16BrN3O2S. The Balaban J connectivity index is 2.15. The fourth-order valence-corrected chi connectivity index (χ4v) is 3.77. The molecule has 1 saturated heterocycles. The molecule has 0 aromatic carbocycles. The third kappa shape index (κ3) is 3.61. The number of carbonyl (C=O) groups is 1. The van der Waals surface area contributed by atoms with Crippen molar-refractivity contribution in [3.8, 4) is 0 Å². The number of nitrogens with two attached hydrogens (primary N) is 1. The number of aliphatic hydroxyl groups excluding tert-OH is 1. The van der Waals surface area contributed by atoms with Crippen LogP contribution in [0.3, 0.4) is 0 Å². The van der Waals surface area contributed by atoms with Crippen molar-refractivity contribution in [1.29, 1.82) is 0 Å². The zero-order chi connectivity index (χ0) is 13.9. The van der Waals surface area contributed by atoms with Crippen molar-refractivity contribution in [3.63, 3.8) is 0 Å². The molecular weight excluding hydrogens is 330 g/mol. The van der Waals surface area contributed by atoms with Gasteiger partial charge in [0.15, 0.2) is 0 Å². The number of rotatable bonds is 3. The molecule has 1 aromatic heterocycles. The maximum absolute atomic E-state index is 12.2. The van der Waals surface area contributed by atoms with E-state index in [0.717, 1.165) is 24.3 Å². The molecule has 0 radical (unpaired) electrons. The Morgan fingerprint density at radius 3 is 2.79 bits per heavy atom. The molecule has 0 unspecified atom stereocenters. The Labute approximate surface area is 124 Å². The molecule has 2 heterocycles. The first-order valence-corrected chi connectivity index (χ1v) is 7.94. The van der Waals surface area contributed by atoms with E-state index in [9.17, 15) is 9.90 Å². The van der Waals surface area contributed by atoms with E-state index < -0.39 is 5.54 Å². The maximum atomic E-state index is 12.2. The topological polar surface area (TPSA) is 88.2 Å². The monoisotopic (exact) mass is 345 g/mol. The summed E-state index contributed by atoms with van der Waals surface area (Å²) in [5.41, 5.74) is 5.56. The maximum Gasteiger partial charge on any atom is 0.252 e. The number of hydrogen-bond acceptors (Lipinski definition) is 5. The van der Waals surface area contributed by atoms with Crippen LogP contribution in [0.2, 0.25) is 0 Å². The second-order valence-electron chi connectivity index (χ2n) is 4.61. The second kappa shape index (κ2) is 6.11. The van der Waals surface area contributed by atoms with Crippen LogP contribution in [0.15, 0.2) is 16.7 Å². The van der Waals surface area contributed by atoms with E-state index in [-0.39, 0.29) is 18.3 Å². The van der Waals surface area contributed by atoms with Gasteiger partial charge >= 0.3 is 0 Å². The molecule has 2 rings (SSSR count). The highest BCUT2D eigenvalue weighted by atomic mass is 79.9. The lowest BCUT2D eigenvalue weighted by Crippen LogP contribution is -2.53. The van der Waals surface area contributed by atoms with Crippen LogP contribution < -0.4 is 11.1 Å². The van der Waals surface area contributed by atoms with Crippen molar-refractivity contribution in [1.82, 2.24) is 10.3 Å². The summed E-state index contributed by atoms with van der Waals surface area (Å²) in [5.74, 6) is 1.96. The summed E-state index contributed by atoms with van der Waals surface area (Å²) in [6.07, 6.45) is 1.56. The first kappa shape index (κ1) is 14.6. The molecule has 0 spiro atoms. The van der Waals surface area contributed by atoms with Gasteiger partial charge in [-0.2, -0.15) is 11.8 Å². The van der Waals surface area contributed by atoms with Gasteiger partial charge in [0, 0.05) is 5.56 Å². The van der Waals surface area contributed by atoms with Crippen LogP contribution in [0.5, 0.6) is 0 Å². The quantitative estimate of drug-likeness (QED) is 0.721. The molecule has 0 bridgehead atoms. The number of halogens is 1. The molecule has 1 aliphatic rings. The highest BCUT2D eigenvalue weighted by Crippen LogP contribution is 2.27. The molecule has 1 fully saturated rings. The van der Waals surface area contributed by atoms with Gasteiger partial charge in [-0.15, -0.1) is 0 Å². The van der Waals surface area contributed by atoms with E-state index in [2.05, 4.69) is 26.2 Å². The Morgan fingerprint density at radius 1 is 1.53 bits per heavy atom. The lowest BCUT2D eigenvalue weighted by atomic mass is 9.93. The average Bonchev–Trinajstić information content (AvgIpc) is 2.38. The summed E-state index contributed by atoms with van der Waals surface area (Å²) in [4.78, 5) is 16.2. The Hall–Kier alpha value is -0.790. The summed E-state index contributed by atoms with van der Waals surface area (Å²) in [6.45, 7) is -0.0406. The number of nitrogens with one attached hydrogen (secondary N) is 1. The van der Waals surface area contributed by atoms with Crippen molar-refractivity contribution in [2.24, 2.45) is 0 Å². The Kier molecular flexibility index (Phi) is 4.70. The molecule has 5 nitrogen and oxygen atoms in total. The zero-order valence-corrected chi connectivity index (χ0v) is 12.8. The van der Waals surface area contributed by atoms with Gasteiger partial charge < -0.3 is 16.2 Å². The molecule has 7 heteroatoms. The molecule has 1 aromatic rings. The average molecular weight is 346 g/mol.